The standard InChI is InChI=1S/C29H46O5/c1-4-5-11-21(2)12-6-7-14-24-25-19-22(13-10-15-26(30)29(31)32-3)18-23(25)20-27(24)34-28-16-8-9-17-33-28/h7,13-14,21,23-25,27-28H,4-6,8-12,15-20H2,1-3H3/t21-,23+,24+,25-,27+,28?/m0/s1. The molecule has 0 spiro atoms. The number of hydrogen-bond acceptors (Lipinski definition) is 5. The minimum Gasteiger partial charge on any atom is -0.463 e. The van der Waals surface area contributed by atoms with E-state index >= 15 is 0 Å². The van der Waals surface area contributed by atoms with Crippen molar-refractivity contribution in [3.63, 3.8) is 0 Å². The van der Waals surface area contributed by atoms with Crippen molar-refractivity contribution in [1.82, 2.24) is 0 Å². The maximum Gasteiger partial charge on any atom is 0.374 e. The summed E-state index contributed by atoms with van der Waals surface area (Å²) in [5.74, 6) is 1.29. The number of allylic oxidation sites excluding steroid dienone is 3. The normalized spacial score (nSPS) is 31.1. The number of esters is 1. The predicted octanol–water partition coefficient (Wildman–Crippen LogP) is 6.56. The van der Waals surface area contributed by atoms with E-state index in [1.54, 1.807) is 0 Å². The van der Waals surface area contributed by atoms with Gasteiger partial charge in [-0.05, 0) is 75.5 Å². The van der Waals surface area contributed by atoms with Gasteiger partial charge < -0.3 is 14.2 Å². The van der Waals surface area contributed by atoms with Gasteiger partial charge in [0, 0.05) is 18.9 Å². The highest BCUT2D eigenvalue weighted by atomic mass is 16.7. The maximum absolute atomic E-state index is 11.7. The van der Waals surface area contributed by atoms with Crippen LogP contribution in [-0.2, 0) is 23.8 Å². The molecule has 3 fully saturated rings. The van der Waals surface area contributed by atoms with E-state index < -0.39 is 11.8 Å². The molecule has 1 aliphatic heterocycles. The number of methoxy groups -OCH3 is 1. The molecular weight excluding hydrogens is 428 g/mol. The Kier molecular flexibility index (Phi) is 11.3. The van der Waals surface area contributed by atoms with Crippen molar-refractivity contribution < 1.29 is 23.8 Å². The smallest absolute Gasteiger partial charge is 0.374 e. The Hall–Kier alpha value is -1.46. The van der Waals surface area contributed by atoms with E-state index in [0.29, 0.717) is 24.2 Å². The summed E-state index contributed by atoms with van der Waals surface area (Å²) in [5, 5.41) is 0. The molecule has 192 valence electrons. The molecule has 0 aromatic rings. The Labute approximate surface area is 206 Å². The number of carbonyl (C=O) groups is 2. The van der Waals surface area contributed by atoms with Gasteiger partial charge in [0.25, 0.3) is 0 Å². The Balaban J connectivity index is 1.56. The predicted molar refractivity (Wildman–Crippen MR) is 134 cm³/mol. The van der Waals surface area contributed by atoms with E-state index in [1.165, 1.54) is 44.8 Å². The first kappa shape index (κ1) is 27.1. The van der Waals surface area contributed by atoms with Gasteiger partial charge in [0.05, 0.1) is 13.2 Å². The highest BCUT2D eigenvalue weighted by molar-refractivity contribution is 6.33. The van der Waals surface area contributed by atoms with Crippen molar-refractivity contribution in [2.24, 2.45) is 23.7 Å². The second-order valence-electron chi connectivity index (χ2n) is 10.7. The molecule has 1 unspecified atom stereocenters. The van der Waals surface area contributed by atoms with Crippen LogP contribution in [-0.4, -0.2) is 37.9 Å². The summed E-state index contributed by atoms with van der Waals surface area (Å²) in [5.41, 5.74) is 1.44. The lowest BCUT2D eigenvalue weighted by molar-refractivity contribution is -0.193. The second kappa shape index (κ2) is 14.2. The summed E-state index contributed by atoms with van der Waals surface area (Å²) in [6.45, 7) is 5.46. The van der Waals surface area contributed by atoms with E-state index in [2.05, 4.69) is 36.8 Å². The van der Waals surface area contributed by atoms with Gasteiger partial charge >= 0.3 is 5.97 Å². The van der Waals surface area contributed by atoms with Gasteiger partial charge in [-0.3, -0.25) is 4.79 Å². The van der Waals surface area contributed by atoms with Crippen molar-refractivity contribution in [3.05, 3.63) is 23.8 Å². The Bertz CT molecular complexity index is 705. The summed E-state index contributed by atoms with van der Waals surface area (Å²) in [6, 6.07) is 0. The molecule has 5 heteroatoms. The molecule has 0 N–H and O–H groups in total. The van der Waals surface area contributed by atoms with E-state index in [4.69, 9.17) is 9.47 Å². The van der Waals surface area contributed by atoms with Gasteiger partial charge in [-0.1, -0.05) is 56.9 Å². The average Bonchev–Trinajstić information content (AvgIpc) is 3.37. The average molecular weight is 475 g/mol. The van der Waals surface area contributed by atoms with Crippen LogP contribution in [0, 0.1) is 23.7 Å². The molecule has 0 aromatic carbocycles. The van der Waals surface area contributed by atoms with Crippen LogP contribution in [0.4, 0.5) is 0 Å². The molecule has 0 bridgehead atoms. The van der Waals surface area contributed by atoms with Crippen molar-refractivity contribution >= 4 is 11.8 Å². The first-order valence-corrected chi connectivity index (χ1v) is 13.7. The van der Waals surface area contributed by atoms with E-state index in [1.807, 2.05) is 0 Å². The number of ketones is 1. The summed E-state index contributed by atoms with van der Waals surface area (Å²) in [4.78, 5) is 23.1. The van der Waals surface area contributed by atoms with Crippen LogP contribution in [0.2, 0.25) is 0 Å². The Morgan fingerprint density at radius 2 is 2.03 bits per heavy atom. The molecule has 5 nitrogen and oxygen atoms in total. The van der Waals surface area contributed by atoms with Crippen LogP contribution < -0.4 is 0 Å². The van der Waals surface area contributed by atoms with Crippen LogP contribution in [0.15, 0.2) is 23.8 Å². The summed E-state index contributed by atoms with van der Waals surface area (Å²) in [7, 11) is 1.26. The molecule has 1 heterocycles. The third-order valence-electron chi connectivity index (χ3n) is 8.00. The number of unbranched alkanes of at least 4 members (excludes halogenated alkanes) is 1. The minimum atomic E-state index is -0.735. The Morgan fingerprint density at radius 1 is 1.18 bits per heavy atom. The third kappa shape index (κ3) is 8.05. The molecular formula is C29H46O5. The zero-order valence-electron chi connectivity index (χ0n) is 21.6. The molecule has 3 aliphatic rings. The van der Waals surface area contributed by atoms with Gasteiger partial charge in [-0.2, -0.15) is 0 Å². The fourth-order valence-electron chi connectivity index (χ4n) is 6.03. The topological polar surface area (TPSA) is 61.8 Å². The van der Waals surface area contributed by atoms with Crippen molar-refractivity contribution in [2.75, 3.05) is 13.7 Å². The van der Waals surface area contributed by atoms with Crippen LogP contribution in [0.5, 0.6) is 0 Å². The summed E-state index contributed by atoms with van der Waals surface area (Å²) < 4.78 is 17.0. The molecule has 0 amide bonds. The molecule has 6 atom stereocenters. The summed E-state index contributed by atoms with van der Waals surface area (Å²) >= 11 is 0. The zero-order valence-corrected chi connectivity index (χ0v) is 21.6. The number of carbonyl (C=O) groups excluding carboxylic acids is 2. The molecule has 1 saturated heterocycles. The van der Waals surface area contributed by atoms with Crippen LogP contribution in [0.1, 0.15) is 97.3 Å². The van der Waals surface area contributed by atoms with E-state index in [-0.39, 0.29) is 18.8 Å². The SMILES string of the molecule is CCCC[C@H](C)CCC=C[C@@H]1[C@H]2CC(=CCCC(=O)C(=O)OC)C[C@@H]2C[C@H]1OC1CCCCO1. The first-order valence-electron chi connectivity index (χ1n) is 13.7. The van der Waals surface area contributed by atoms with E-state index in [0.717, 1.165) is 51.0 Å². The molecule has 3 rings (SSSR count). The van der Waals surface area contributed by atoms with Crippen molar-refractivity contribution in [1.29, 1.82) is 0 Å². The highest BCUT2D eigenvalue weighted by Crippen LogP contribution is 2.52. The highest BCUT2D eigenvalue weighted by Gasteiger charge is 2.47. The molecule has 0 aromatic heterocycles. The van der Waals surface area contributed by atoms with Crippen LogP contribution >= 0.6 is 0 Å². The second-order valence-corrected chi connectivity index (χ2v) is 10.7. The lowest BCUT2D eigenvalue weighted by Crippen LogP contribution is -2.30. The monoisotopic (exact) mass is 474 g/mol. The maximum atomic E-state index is 11.7. The van der Waals surface area contributed by atoms with Crippen molar-refractivity contribution in [3.8, 4) is 0 Å². The minimum absolute atomic E-state index is 0.0399. The lowest BCUT2D eigenvalue weighted by Gasteiger charge is -2.29. The Morgan fingerprint density at radius 3 is 2.76 bits per heavy atom. The molecule has 34 heavy (non-hydrogen) atoms. The molecule has 2 aliphatic carbocycles. The fourth-order valence-corrected chi connectivity index (χ4v) is 6.03. The number of hydrogen-bond donors (Lipinski definition) is 0. The number of ether oxygens (including phenoxy) is 3. The summed E-state index contributed by atoms with van der Waals surface area (Å²) in [6.07, 6.45) is 21.0. The lowest BCUT2D eigenvalue weighted by atomic mass is 9.90. The third-order valence-corrected chi connectivity index (χ3v) is 8.00. The van der Waals surface area contributed by atoms with Crippen LogP contribution in [0.3, 0.4) is 0 Å². The van der Waals surface area contributed by atoms with Gasteiger partial charge in [0.2, 0.25) is 5.78 Å². The number of Topliss-reactive ketones (excluding diaryl/α,β-unsaturated/α-hetero) is 1. The van der Waals surface area contributed by atoms with Gasteiger partial charge in [0.15, 0.2) is 6.29 Å². The zero-order chi connectivity index (χ0) is 24.3. The largest absolute Gasteiger partial charge is 0.463 e. The fraction of sp³-hybridized carbons (Fsp3) is 0.793. The van der Waals surface area contributed by atoms with Crippen LogP contribution in [0.25, 0.3) is 0 Å². The van der Waals surface area contributed by atoms with Gasteiger partial charge in [0.1, 0.15) is 0 Å². The van der Waals surface area contributed by atoms with E-state index in [9.17, 15) is 9.59 Å². The quantitative estimate of drug-likeness (QED) is 0.172. The number of rotatable bonds is 13. The molecule has 0 radical (unpaired) electrons. The molecule has 2 saturated carbocycles. The first-order chi connectivity index (χ1) is 16.5. The number of fused-ring (bicyclic) bond motifs is 1. The van der Waals surface area contributed by atoms with Gasteiger partial charge in [-0.25, -0.2) is 4.79 Å². The van der Waals surface area contributed by atoms with Gasteiger partial charge in [-0.15, -0.1) is 0 Å². The van der Waals surface area contributed by atoms with Crippen molar-refractivity contribution in [2.45, 2.75) is 110 Å².